The van der Waals surface area contributed by atoms with E-state index in [1.807, 2.05) is 9.80 Å². The maximum atomic E-state index is 14.4. The van der Waals surface area contributed by atoms with E-state index in [0.717, 1.165) is 38.8 Å². The minimum Gasteiger partial charge on any atom is -0.378 e. The number of carbonyl (C=O) groups excluding carboxylic acids is 1. The van der Waals surface area contributed by atoms with E-state index in [2.05, 4.69) is 10.1 Å². The Morgan fingerprint density at radius 3 is 2.53 bits per heavy atom. The molecular weight excluding hydrogens is 387 g/mol. The van der Waals surface area contributed by atoms with Crippen LogP contribution in [-0.2, 0) is 9.53 Å². The van der Waals surface area contributed by atoms with Crippen LogP contribution in [0.5, 0.6) is 0 Å². The van der Waals surface area contributed by atoms with Crippen LogP contribution in [0.25, 0.3) is 11.5 Å². The highest BCUT2D eigenvalue weighted by molar-refractivity contribution is 5.79. The summed E-state index contributed by atoms with van der Waals surface area (Å²) in [6.07, 6.45) is 4.95. The number of aromatic nitrogens is 2. The third-order valence-electron chi connectivity index (χ3n) is 6.61. The second kappa shape index (κ2) is 8.34. The van der Waals surface area contributed by atoms with E-state index in [-0.39, 0.29) is 17.7 Å². The monoisotopic (exact) mass is 414 g/mol. The van der Waals surface area contributed by atoms with E-state index in [1.54, 1.807) is 12.1 Å². The second-order valence-corrected chi connectivity index (χ2v) is 8.45. The van der Waals surface area contributed by atoms with Gasteiger partial charge in [-0.3, -0.25) is 4.79 Å². The van der Waals surface area contributed by atoms with Crippen LogP contribution >= 0.6 is 0 Å². The standard InChI is InChI=1S/C22H27FN4O3/c23-18-5-4-17(14-19(18)26-10-12-29-13-11-26)21-24-20(25-30-21)15-6-8-27(9-7-15)22(28)16-2-1-3-16/h4-5,14-16H,1-3,6-13H2. The highest BCUT2D eigenvalue weighted by atomic mass is 19.1. The van der Waals surface area contributed by atoms with Gasteiger partial charge >= 0.3 is 0 Å². The van der Waals surface area contributed by atoms with E-state index >= 15 is 0 Å². The second-order valence-electron chi connectivity index (χ2n) is 8.45. The number of ether oxygens (including phenoxy) is 1. The molecule has 0 atom stereocenters. The number of carbonyl (C=O) groups is 1. The molecule has 1 aliphatic carbocycles. The van der Waals surface area contributed by atoms with Crippen molar-refractivity contribution >= 4 is 11.6 Å². The van der Waals surface area contributed by atoms with Gasteiger partial charge in [0.2, 0.25) is 5.91 Å². The summed E-state index contributed by atoms with van der Waals surface area (Å²) < 4.78 is 25.3. The minimum absolute atomic E-state index is 0.187. The van der Waals surface area contributed by atoms with E-state index in [9.17, 15) is 9.18 Å². The highest BCUT2D eigenvalue weighted by Gasteiger charge is 2.33. The van der Waals surface area contributed by atoms with Crippen molar-refractivity contribution < 1.29 is 18.4 Å². The van der Waals surface area contributed by atoms with Gasteiger partial charge in [0, 0.05) is 43.6 Å². The number of hydrogen-bond acceptors (Lipinski definition) is 6. The molecule has 0 spiro atoms. The molecule has 8 heteroatoms. The van der Waals surface area contributed by atoms with Gasteiger partial charge in [0.05, 0.1) is 18.9 Å². The molecule has 1 aromatic heterocycles. The van der Waals surface area contributed by atoms with E-state index in [4.69, 9.17) is 9.26 Å². The molecule has 7 nitrogen and oxygen atoms in total. The van der Waals surface area contributed by atoms with Crippen molar-refractivity contribution in [3.63, 3.8) is 0 Å². The number of rotatable bonds is 4. The molecule has 2 saturated heterocycles. The lowest BCUT2D eigenvalue weighted by Gasteiger charge is -2.35. The fraction of sp³-hybridized carbons (Fsp3) is 0.591. The van der Waals surface area contributed by atoms with Crippen molar-refractivity contribution in [1.82, 2.24) is 15.0 Å². The lowest BCUT2D eigenvalue weighted by atomic mass is 9.83. The molecule has 3 heterocycles. The number of morpholine rings is 1. The summed E-state index contributed by atoms with van der Waals surface area (Å²) in [6.45, 7) is 4.01. The highest BCUT2D eigenvalue weighted by Crippen LogP contribution is 2.33. The average Bonchev–Trinajstić information content (AvgIpc) is 3.24. The molecule has 30 heavy (non-hydrogen) atoms. The first-order valence-corrected chi connectivity index (χ1v) is 10.9. The van der Waals surface area contributed by atoms with Crippen LogP contribution in [0.2, 0.25) is 0 Å². The zero-order chi connectivity index (χ0) is 20.5. The Balaban J connectivity index is 1.26. The third-order valence-corrected chi connectivity index (χ3v) is 6.61. The lowest BCUT2D eigenvalue weighted by molar-refractivity contribution is -0.139. The van der Waals surface area contributed by atoms with Crippen LogP contribution in [0, 0.1) is 11.7 Å². The molecular formula is C22H27FN4O3. The Kier molecular flexibility index (Phi) is 5.41. The van der Waals surface area contributed by atoms with Gasteiger partial charge in [-0.15, -0.1) is 0 Å². The van der Waals surface area contributed by atoms with Gasteiger partial charge in [-0.2, -0.15) is 4.98 Å². The Morgan fingerprint density at radius 2 is 1.83 bits per heavy atom. The van der Waals surface area contributed by atoms with Crippen LogP contribution in [0.15, 0.2) is 22.7 Å². The Morgan fingerprint density at radius 1 is 1.07 bits per heavy atom. The molecule has 5 rings (SSSR count). The van der Waals surface area contributed by atoms with E-state index in [0.29, 0.717) is 55.2 Å². The predicted octanol–water partition coefficient (Wildman–Crippen LogP) is 3.22. The van der Waals surface area contributed by atoms with Crippen molar-refractivity contribution in [2.75, 3.05) is 44.3 Å². The molecule has 0 unspecified atom stereocenters. The summed E-state index contributed by atoms with van der Waals surface area (Å²) >= 11 is 0. The first-order valence-electron chi connectivity index (χ1n) is 10.9. The van der Waals surface area contributed by atoms with Gasteiger partial charge in [-0.1, -0.05) is 11.6 Å². The van der Waals surface area contributed by atoms with Crippen molar-refractivity contribution in [2.24, 2.45) is 5.92 Å². The van der Waals surface area contributed by atoms with Gasteiger partial charge in [-0.25, -0.2) is 4.39 Å². The molecule has 3 fully saturated rings. The minimum atomic E-state index is -0.260. The van der Waals surface area contributed by atoms with E-state index < -0.39 is 0 Å². The molecule has 0 radical (unpaired) electrons. The van der Waals surface area contributed by atoms with Crippen LogP contribution in [0.1, 0.15) is 43.8 Å². The van der Waals surface area contributed by atoms with Gasteiger partial charge < -0.3 is 19.1 Å². The predicted molar refractivity (Wildman–Crippen MR) is 109 cm³/mol. The van der Waals surface area contributed by atoms with Crippen LogP contribution < -0.4 is 4.90 Å². The fourth-order valence-corrected chi connectivity index (χ4v) is 4.48. The van der Waals surface area contributed by atoms with Crippen molar-refractivity contribution in [2.45, 2.75) is 38.0 Å². The zero-order valence-corrected chi connectivity index (χ0v) is 17.1. The fourth-order valence-electron chi connectivity index (χ4n) is 4.48. The number of hydrogen-bond donors (Lipinski definition) is 0. The lowest BCUT2D eigenvalue weighted by Crippen LogP contribution is -2.43. The van der Waals surface area contributed by atoms with Crippen LogP contribution in [-0.4, -0.2) is 60.3 Å². The van der Waals surface area contributed by atoms with Gasteiger partial charge in [0.1, 0.15) is 5.82 Å². The molecule has 160 valence electrons. The Bertz CT molecular complexity index is 900. The van der Waals surface area contributed by atoms with Crippen molar-refractivity contribution in [1.29, 1.82) is 0 Å². The molecule has 2 aromatic rings. The number of halogens is 1. The normalized spacial score (nSPS) is 21.0. The summed E-state index contributed by atoms with van der Waals surface area (Å²) in [7, 11) is 0. The Hall–Kier alpha value is -2.48. The number of benzene rings is 1. The largest absolute Gasteiger partial charge is 0.378 e. The summed E-state index contributed by atoms with van der Waals surface area (Å²) in [5.74, 6) is 1.58. The summed E-state index contributed by atoms with van der Waals surface area (Å²) in [5, 5.41) is 4.20. The van der Waals surface area contributed by atoms with Gasteiger partial charge in [0.15, 0.2) is 5.82 Å². The Labute approximate surface area is 175 Å². The summed E-state index contributed by atoms with van der Waals surface area (Å²) in [6, 6.07) is 4.91. The molecule has 2 aliphatic heterocycles. The third kappa shape index (κ3) is 3.80. The number of nitrogens with zero attached hydrogens (tertiary/aromatic N) is 4. The maximum absolute atomic E-state index is 14.4. The molecule has 3 aliphatic rings. The number of likely N-dealkylation sites (tertiary alicyclic amines) is 1. The number of anilines is 1. The quantitative estimate of drug-likeness (QED) is 0.765. The van der Waals surface area contributed by atoms with Gasteiger partial charge in [-0.05, 0) is 43.9 Å². The first-order chi connectivity index (χ1) is 14.7. The number of piperidine rings is 1. The SMILES string of the molecule is O=C(C1CCC1)N1CCC(c2noc(-c3ccc(F)c(N4CCOCC4)c3)n2)CC1. The number of amides is 1. The molecule has 0 N–H and O–H groups in total. The average molecular weight is 414 g/mol. The smallest absolute Gasteiger partial charge is 0.258 e. The van der Waals surface area contributed by atoms with E-state index in [1.165, 1.54) is 12.5 Å². The van der Waals surface area contributed by atoms with Crippen molar-refractivity contribution in [3.8, 4) is 11.5 Å². The maximum Gasteiger partial charge on any atom is 0.258 e. The van der Waals surface area contributed by atoms with Crippen molar-refractivity contribution in [3.05, 3.63) is 29.8 Å². The van der Waals surface area contributed by atoms with Crippen LogP contribution in [0.3, 0.4) is 0 Å². The topological polar surface area (TPSA) is 71.7 Å². The summed E-state index contributed by atoms with van der Waals surface area (Å²) in [4.78, 5) is 21.0. The zero-order valence-electron chi connectivity index (χ0n) is 17.1. The van der Waals surface area contributed by atoms with Gasteiger partial charge in [0.25, 0.3) is 5.89 Å². The molecule has 1 aromatic carbocycles. The first kappa shape index (κ1) is 19.5. The van der Waals surface area contributed by atoms with Crippen LogP contribution in [0.4, 0.5) is 10.1 Å². The molecule has 1 saturated carbocycles. The summed E-state index contributed by atoms with van der Waals surface area (Å²) in [5.41, 5.74) is 1.26. The molecule has 0 bridgehead atoms. The molecule has 1 amide bonds.